The van der Waals surface area contributed by atoms with Crippen LogP contribution in [0.5, 0.6) is 0 Å². The highest BCUT2D eigenvalue weighted by Gasteiger charge is 2.05. The first kappa shape index (κ1) is 13.1. The molecule has 0 aliphatic carbocycles. The van der Waals surface area contributed by atoms with Gasteiger partial charge in [-0.1, -0.05) is 17.7 Å². The number of benzene rings is 1. The van der Waals surface area contributed by atoms with Crippen molar-refractivity contribution in [2.24, 2.45) is 0 Å². The summed E-state index contributed by atoms with van der Waals surface area (Å²) in [4.78, 5) is 0. The SMILES string of the molecule is Cc1ccc(F)c(CNC(C)CCCO)c1. The van der Waals surface area contributed by atoms with E-state index in [9.17, 15) is 4.39 Å². The largest absolute Gasteiger partial charge is 0.396 e. The third-order valence-corrected chi connectivity index (χ3v) is 2.64. The smallest absolute Gasteiger partial charge is 0.127 e. The Bertz CT molecular complexity index is 328. The van der Waals surface area contributed by atoms with Gasteiger partial charge in [-0.05, 0) is 32.8 Å². The maximum Gasteiger partial charge on any atom is 0.127 e. The van der Waals surface area contributed by atoms with Crippen molar-refractivity contribution >= 4 is 0 Å². The van der Waals surface area contributed by atoms with E-state index >= 15 is 0 Å². The molecule has 0 saturated heterocycles. The molecule has 0 radical (unpaired) electrons. The maximum absolute atomic E-state index is 13.4. The minimum Gasteiger partial charge on any atom is -0.396 e. The quantitative estimate of drug-likeness (QED) is 0.779. The number of rotatable bonds is 6. The summed E-state index contributed by atoms with van der Waals surface area (Å²) in [5.74, 6) is -0.160. The van der Waals surface area contributed by atoms with Gasteiger partial charge in [0.05, 0.1) is 0 Å². The number of aryl methyl sites for hydroxylation is 1. The molecule has 2 nitrogen and oxygen atoms in total. The van der Waals surface area contributed by atoms with Crippen molar-refractivity contribution in [3.63, 3.8) is 0 Å². The Kier molecular flexibility index (Phi) is 5.43. The Labute approximate surface area is 96.5 Å². The molecular weight excluding hydrogens is 205 g/mol. The molecule has 0 aromatic heterocycles. The first-order chi connectivity index (χ1) is 7.63. The number of halogens is 1. The van der Waals surface area contributed by atoms with Gasteiger partial charge in [-0.15, -0.1) is 0 Å². The predicted molar refractivity (Wildman–Crippen MR) is 63.8 cm³/mol. The molecule has 2 N–H and O–H groups in total. The highest BCUT2D eigenvalue weighted by Crippen LogP contribution is 2.10. The molecule has 1 atom stereocenters. The van der Waals surface area contributed by atoms with Crippen molar-refractivity contribution in [3.8, 4) is 0 Å². The zero-order chi connectivity index (χ0) is 12.0. The predicted octanol–water partition coefficient (Wildman–Crippen LogP) is 2.38. The van der Waals surface area contributed by atoms with Crippen molar-refractivity contribution in [2.75, 3.05) is 6.61 Å². The van der Waals surface area contributed by atoms with Crippen molar-refractivity contribution in [3.05, 3.63) is 35.1 Å². The van der Waals surface area contributed by atoms with Crippen LogP contribution in [0.4, 0.5) is 4.39 Å². The molecule has 0 spiro atoms. The lowest BCUT2D eigenvalue weighted by atomic mass is 10.1. The fourth-order valence-electron chi connectivity index (χ4n) is 1.62. The third-order valence-electron chi connectivity index (χ3n) is 2.64. The Morgan fingerprint density at radius 2 is 2.19 bits per heavy atom. The lowest BCUT2D eigenvalue weighted by molar-refractivity contribution is 0.276. The summed E-state index contributed by atoms with van der Waals surface area (Å²) in [5, 5.41) is 11.9. The molecule has 1 rings (SSSR count). The molecule has 0 heterocycles. The van der Waals surface area contributed by atoms with Gasteiger partial charge >= 0.3 is 0 Å². The van der Waals surface area contributed by atoms with Crippen LogP contribution in [0.25, 0.3) is 0 Å². The topological polar surface area (TPSA) is 32.3 Å². The summed E-state index contributed by atoms with van der Waals surface area (Å²) in [6.07, 6.45) is 1.69. The van der Waals surface area contributed by atoms with E-state index in [-0.39, 0.29) is 12.4 Å². The molecule has 0 aliphatic heterocycles. The van der Waals surface area contributed by atoms with E-state index < -0.39 is 0 Å². The van der Waals surface area contributed by atoms with E-state index in [2.05, 4.69) is 5.32 Å². The van der Waals surface area contributed by atoms with Crippen LogP contribution < -0.4 is 5.32 Å². The lowest BCUT2D eigenvalue weighted by Crippen LogP contribution is -2.26. The van der Waals surface area contributed by atoms with Crippen LogP contribution >= 0.6 is 0 Å². The molecule has 90 valence electrons. The second-order valence-electron chi connectivity index (χ2n) is 4.24. The van der Waals surface area contributed by atoms with Crippen LogP contribution in [0.2, 0.25) is 0 Å². The Morgan fingerprint density at radius 1 is 1.44 bits per heavy atom. The normalized spacial score (nSPS) is 12.8. The summed E-state index contributed by atoms with van der Waals surface area (Å²) in [7, 11) is 0. The second kappa shape index (κ2) is 6.61. The number of aliphatic hydroxyl groups is 1. The molecule has 0 amide bonds. The van der Waals surface area contributed by atoms with Crippen LogP contribution in [0.3, 0.4) is 0 Å². The van der Waals surface area contributed by atoms with E-state index in [1.807, 2.05) is 19.9 Å². The van der Waals surface area contributed by atoms with Crippen molar-refractivity contribution < 1.29 is 9.50 Å². The number of nitrogens with one attached hydrogen (secondary N) is 1. The van der Waals surface area contributed by atoms with Gasteiger partial charge in [-0.3, -0.25) is 0 Å². The Hall–Kier alpha value is -0.930. The van der Waals surface area contributed by atoms with Crippen LogP contribution in [0, 0.1) is 12.7 Å². The van der Waals surface area contributed by atoms with Crippen LogP contribution in [-0.2, 0) is 6.54 Å². The summed E-state index contributed by atoms with van der Waals surface area (Å²) in [6, 6.07) is 5.44. The molecule has 3 heteroatoms. The summed E-state index contributed by atoms with van der Waals surface area (Å²) < 4.78 is 13.4. The monoisotopic (exact) mass is 225 g/mol. The zero-order valence-corrected chi connectivity index (χ0v) is 9.96. The molecule has 0 saturated carbocycles. The number of aliphatic hydroxyl groups excluding tert-OH is 1. The second-order valence-corrected chi connectivity index (χ2v) is 4.24. The van der Waals surface area contributed by atoms with Gasteiger partial charge in [0.1, 0.15) is 5.82 Å². The van der Waals surface area contributed by atoms with Gasteiger partial charge in [-0.2, -0.15) is 0 Å². The van der Waals surface area contributed by atoms with Crippen LogP contribution in [-0.4, -0.2) is 17.8 Å². The van der Waals surface area contributed by atoms with Gasteiger partial charge < -0.3 is 10.4 Å². The maximum atomic E-state index is 13.4. The van der Waals surface area contributed by atoms with Gasteiger partial charge in [0, 0.05) is 24.8 Å². The highest BCUT2D eigenvalue weighted by molar-refractivity contribution is 5.23. The van der Waals surface area contributed by atoms with Crippen molar-refractivity contribution in [2.45, 2.75) is 39.3 Å². The average molecular weight is 225 g/mol. The van der Waals surface area contributed by atoms with Crippen LogP contribution in [0.1, 0.15) is 30.9 Å². The minimum atomic E-state index is -0.160. The fourth-order valence-corrected chi connectivity index (χ4v) is 1.62. The van der Waals surface area contributed by atoms with E-state index in [4.69, 9.17) is 5.11 Å². The highest BCUT2D eigenvalue weighted by atomic mass is 19.1. The van der Waals surface area contributed by atoms with Crippen LogP contribution in [0.15, 0.2) is 18.2 Å². The molecule has 1 aromatic carbocycles. The molecule has 1 aromatic rings. The van der Waals surface area contributed by atoms with Gasteiger partial charge in [0.25, 0.3) is 0 Å². The molecule has 0 bridgehead atoms. The fraction of sp³-hybridized carbons (Fsp3) is 0.538. The Balaban J connectivity index is 2.44. The van der Waals surface area contributed by atoms with Gasteiger partial charge in [-0.25, -0.2) is 4.39 Å². The molecule has 0 fully saturated rings. The summed E-state index contributed by atoms with van der Waals surface area (Å²) in [5.41, 5.74) is 1.78. The van der Waals surface area contributed by atoms with Crippen molar-refractivity contribution in [1.29, 1.82) is 0 Å². The molecular formula is C13H20FNO. The number of hydrogen-bond acceptors (Lipinski definition) is 2. The average Bonchev–Trinajstić information content (AvgIpc) is 2.27. The molecule has 0 aliphatic rings. The Morgan fingerprint density at radius 3 is 2.88 bits per heavy atom. The zero-order valence-electron chi connectivity index (χ0n) is 9.96. The van der Waals surface area contributed by atoms with E-state index in [0.29, 0.717) is 18.2 Å². The molecule has 1 unspecified atom stereocenters. The lowest BCUT2D eigenvalue weighted by Gasteiger charge is -2.13. The number of hydrogen-bond donors (Lipinski definition) is 2. The van der Waals surface area contributed by atoms with E-state index in [1.165, 1.54) is 6.07 Å². The van der Waals surface area contributed by atoms with Crippen molar-refractivity contribution in [1.82, 2.24) is 5.32 Å². The van der Waals surface area contributed by atoms with Gasteiger partial charge in [0.2, 0.25) is 0 Å². The standard InChI is InChI=1S/C13H20FNO/c1-10-5-6-13(14)12(8-10)9-15-11(2)4-3-7-16/h5-6,8,11,15-16H,3-4,7,9H2,1-2H3. The summed E-state index contributed by atoms with van der Waals surface area (Å²) in [6.45, 7) is 4.76. The summed E-state index contributed by atoms with van der Waals surface area (Å²) >= 11 is 0. The third kappa shape index (κ3) is 4.29. The van der Waals surface area contributed by atoms with Gasteiger partial charge in [0.15, 0.2) is 0 Å². The van der Waals surface area contributed by atoms with E-state index in [1.54, 1.807) is 6.07 Å². The first-order valence-corrected chi connectivity index (χ1v) is 5.72. The minimum absolute atomic E-state index is 0.160. The van der Waals surface area contributed by atoms with E-state index in [0.717, 1.165) is 18.4 Å². The first-order valence-electron chi connectivity index (χ1n) is 5.72. The molecule has 16 heavy (non-hydrogen) atoms.